The quantitative estimate of drug-likeness (QED) is 0.554. The minimum atomic E-state index is -0.903. The van der Waals surface area contributed by atoms with Crippen molar-refractivity contribution in [1.29, 1.82) is 0 Å². The fourth-order valence-corrected chi connectivity index (χ4v) is 3.51. The second kappa shape index (κ2) is 9.86. The molecule has 2 unspecified atom stereocenters. The Morgan fingerprint density at radius 1 is 1.21 bits per heavy atom. The lowest BCUT2D eigenvalue weighted by molar-refractivity contribution is -0.132. The van der Waals surface area contributed by atoms with Crippen LogP contribution in [0.3, 0.4) is 0 Å². The predicted molar refractivity (Wildman–Crippen MR) is 119 cm³/mol. The number of likely N-dealkylation sites (tertiary alicyclic amines) is 1. The highest BCUT2D eigenvalue weighted by molar-refractivity contribution is 5.90. The highest BCUT2D eigenvalue weighted by Gasteiger charge is 2.30. The number of carbonyl (C=O) groups excluding carboxylic acids is 2. The highest BCUT2D eigenvalue weighted by Crippen LogP contribution is 2.35. The number of urea groups is 1. The summed E-state index contributed by atoms with van der Waals surface area (Å²) in [5.41, 5.74) is 1.38. The fourth-order valence-electron chi connectivity index (χ4n) is 3.51. The average molecular weight is 457 g/mol. The SMILES string of the molecule is Cc1cc(OC2CCN(C)C2=O)ccc1NC(=O)NCC(O)COc1ccc2c(c1)OCO2. The van der Waals surface area contributed by atoms with E-state index < -0.39 is 18.2 Å². The molecule has 33 heavy (non-hydrogen) atoms. The van der Waals surface area contributed by atoms with Crippen LogP contribution in [-0.4, -0.2) is 67.7 Å². The summed E-state index contributed by atoms with van der Waals surface area (Å²) >= 11 is 0. The van der Waals surface area contributed by atoms with Crippen LogP contribution < -0.4 is 29.6 Å². The van der Waals surface area contributed by atoms with Crippen molar-refractivity contribution in [2.45, 2.75) is 25.6 Å². The van der Waals surface area contributed by atoms with E-state index in [-0.39, 0.29) is 25.9 Å². The van der Waals surface area contributed by atoms with Gasteiger partial charge in [-0.25, -0.2) is 4.79 Å². The maximum absolute atomic E-state index is 12.2. The van der Waals surface area contributed by atoms with Gasteiger partial charge in [0.25, 0.3) is 5.91 Å². The number of nitrogens with zero attached hydrogens (tertiary/aromatic N) is 1. The first kappa shape index (κ1) is 22.5. The summed E-state index contributed by atoms with van der Waals surface area (Å²) in [6.45, 7) is 2.69. The molecule has 10 heteroatoms. The van der Waals surface area contributed by atoms with Gasteiger partial charge in [0.2, 0.25) is 6.79 Å². The number of amides is 3. The molecule has 2 heterocycles. The third-order valence-electron chi connectivity index (χ3n) is 5.39. The summed E-state index contributed by atoms with van der Waals surface area (Å²) < 4.78 is 21.9. The van der Waals surface area contributed by atoms with Gasteiger partial charge in [-0.1, -0.05) is 0 Å². The molecular weight excluding hydrogens is 430 g/mol. The Bertz CT molecular complexity index is 1030. The lowest BCUT2D eigenvalue weighted by atomic mass is 10.2. The standard InChI is InChI=1S/C23H27N3O7/c1-14-9-17(33-20-7-8-26(2)22(20)28)3-5-18(14)25-23(29)24-11-15(27)12-30-16-4-6-19-21(10-16)32-13-31-19/h3-6,9-10,15,20,27H,7-8,11-13H2,1-2H3,(H2,24,25,29). The smallest absolute Gasteiger partial charge is 0.319 e. The van der Waals surface area contributed by atoms with Crippen LogP contribution in [-0.2, 0) is 4.79 Å². The molecule has 176 valence electrons. The van der Waals surface area contributed by atoms with Gasteiger partial charge in [-0.05, 0) is 42.8 Å². The number of ether oxygens (including phenoxy) is 4. The highest BCUT2D eigenvalue weighted by atomic mass is 16.7. The molecule has 2 aromatic rings. The molecule has 3 amide bonds. The van der Waals surface area contributed by atoms with E-state index in [0.29, 0.717) is 41.7 Å². The molecule has 0 bridgehead atoms. The zero-order valence-electron chi connectivity index (χ0n) is 18.5. The minimum Gasteiger partial charge on any atom is -0.491 e. The van der Waals surface area contributed by atoms with E-state index in [4.69, 9.17) is 18.9 Å². The van der Waals surface area contributed by atoms with Crippen molar-refractivity contribution < 1.29 is 33.6 Å². The van der Waals surface area contributed by atoms with Crippen LogP contribution in [0.1, 0.15) is 12.0 Å². The number of hydrogen-bond donors (Lipinski definition) is 3. The Morgan fingerprint density at radius 3 is 2.76 bits per heavy atom. The summed E-state index contributed by atoms with van der Waals surface area (Å²) in [6, 6.07) is 9.88. The zero-order valence-corrected chi connectivity index (χ0v) is 18.5. The molecule has 0 aromatic heterocycles. The predicted octanol–water partition coefficient (Wildman–Crippen LogP) is 1.89. The average Bonchev–Trinajstić information content (AvgIpc) is 3.39. The fraction of sp³-hybridized carbons (Fsp3) is 0.391. The van der Waals surface area contributed by atoms with Crippen LogP contribution in [0.2, 0.25) is 0 Å². The Labute approximate surface area is 191 Å². The van der Waals surface area contributed by atoms with E-state index in [2.05, 4.69) is 10.6 Å². The largest absolute Gasteiger partial charge is 0.491 e. The van der Waals surface area contributed by atoms with Gasteiger partial charge in [0.05, 0.1) is 0 Å². The number of benzene rings is 2. The van der Waals surface area contributed by atoms with Crippen LogP contribution in [0.15, 0.2) is 36.4 Å². The van der Waals surface area contributed by atoms with Gasteiger partial charge in [0, 0.05) is 38.3 Å². The molecule has 4 rings (SSSR count). The summed E-state index contributed by atoms with van der Waals surface area (Å²) in [5.74, 6) is 2.31. The minimum absolute atomic E-state index is 0.0000624. The summed E-state index contributed by atoms with van der Waals surface area (Å²) in [7, 11) is 1.75. The van der Waals surface area contributed by atoms with Crippen molar-refractivity contribution in [2.75, 3.05) is 38.9 Å². The first-order valence-electron chi connectivity index (χ1n) is 10.7. The summed E-state index contributed by atoms with van der Waals surface area (Å²) in [5, 5.41) is 15.5. The number of aryl methyl sites for hydroxylation is 1. The van der Waals surface area contributed by atoms with E-state index in [9.17, 15) is 14.7 Å². The number of carbonyl (C=O) groups is 2. The lowest BCUT2D eigenvalue weighted by Crippen LogP contribution is -2.37. The lowest BCUT2D eigenvalue weighted by Gasteiger charge is -2.16. The van der Waals surface area contributed by atoms with Crippen molar-refractivity contribution in [2.24, 2.45) is 0 Å². The maximum atomic E-state index is 12.2. The third-order valence-corrected chi connectivity index (χ3v) is 5.39. The molecule has 2 atom stereocenters. The molecule has 0 saturated carbocycles. The van der Waals surface area contributed by atoms with Crippen LogP contribution in [0.25, 0.3) is 0 Å². The monoisotopic (exact) mass is 457 g/mol. The van der Waals surface area contributed by atoms with Gasteiger partial charge in [-0.3, -0.25) is 4.79 Å². The molecule has 0 radical (unpaired) electrons. The number of rotatable bonds is 8. The van der Waals surface area contributed by atoms with Crippen LogP contribution in [0.4, 0.5) is 10.5 Å². The van der Waals surface area contributed by atoms with E-state index in [0.717, 1.165) is 5.56 Å². The van der Waals surface area contributed by atoms with Gasteiger partial charge in [0.1, 0.15) is 24.2 Å². The Hall–Kier alpha value is -3.66. The zero-order chi connectivity index (χ0) is 23.4. The number of anilines is 1. The van der Waals surface area contributed by atoms with Crippen LogP contribution in [0.5, 0.6) is 23.0 Å². The number of fused-ring (bicyclic) bond motifs is 1. The number of nitrogens with one attached hydrogen (secondary N) is 2. The number of aliphatic hydroxyl groups is 1. The molecule has 1 saturated heterocycles. The molecule has 0 aliphatic carbocycles. The molecule has 0 spiro atoms. The van der Waals surface area contributed by atoms with Gasteiger partial charge >= 0.3 is 6.03 Å². The van der Waals surface area contributed by atoms with Crippen molar-refractivity contribution in [3.63, 3.8) is 0 Å². The second-order valence-corrected chi connectivity index (χ2v) is 7.95. The first-order valence-corrected chi connectivity index (χ1v) is 10.7. The molecule has 2 aliphatic rings. The van der Waals surface area contributed by atoms with E-state index in [1.165, 1.54) is 0 Å². The van der Waals surface area contributed by atoms with E-state index in [1.807, 2.05) is 6.92 Å². The molecule has 10 nitrogen and oxygen atoms in total. The maximum Gasteiger partial charge on any atom is 0.319 e. The van der Waals surface area contributed by atoms with Crippen molar-refractivity contribution in [3.05, 3.63) is 42.0 Å². The Balaban J connectivity index is 1.21. The normalized spacial score (nSPS) is 17.6. The van der Waals surface area contributed by atoms with Crippen molar-refractivity contribution in [1.82, 2.24) is 10.2 Å². The summed E-state index contributed by atoms with van der Waals surface area (Å²) in [6.07, 6.45) is -0.727. The van der Waals surface area contributed by atoms with Crippen molar-refractivity contribution >= 4 is 17.6 Å². The topological polar surface area (TPSA) is 119 Å². The molecular formula is C23H27N3O7. The van der Waals surface area contributed by atoms with Gasteiger partial charge < -0.3 is 39.6 Å². The van der Waals surface area contributed by atoms with Crippen LogP contribution >= 0.6 is 0 Å². The van der Waals surface area contributed by atoms with E-state index in [1.54, 1.807) is 48.3 Å². The summed E-state index contributed by atoms with van der Waals surface area (Å²) in [4.78, 5) is 25.9. The number of likely N-dealkylation sites (N-methyl/N-ethyl adjacent to an activating group) is 1. The Morgan fingerprint density at radius 2 is 2.00 bits per heavy atom. The van der Waals surface area contributed by atoms with E-state index >= 15 is 0 Å². The van der Waals surface area contributed by atoms with Gasteiger partial charge in [-0.2, -0.15) is 0 Å². The van der Waals surface area contributed by atoms with Gasteiger partial charge in [0.15, 0.2) is 17.6 Å². The number of aliphatic hydroxyl groups excluding tert-OH is 1. The molecule has 2 aliphatic heterocycles. The second-order valence-electron chi connectivity index (χ2n) is 7.95. The third kappa shape index (κ3) is 5.58. The first-order chi connectivity index (χ1) is 15.9. The van der Waals surface area contributed by atoms with Gasteiger partial charge in [-0.15, -0.1) is 0 Å². The Kier molecular flexibility index (Phi) is 6.74. The molecule has 1 fully saturated rings. The number of hydrogen-bond acceptors (Lipinski definition) is 7. The molecule has 2 aromatic carbocycles. The molecule has 3 N–H and O–H groups in total. The van der Waals surface area contributed by atoms with Crippen molar-refractivity contribution in [3.8, 4) is 23.0 Å². The van der Waals surface area contributed by atoms with Crippen LogP contribution in [0, 0.1) is 6.92 Å².